The van der Waals surface area contributed by atoms with Crippen molar-refractivity contribution in [3.63, 3.8) is 0 Å². The monoisotopic (exact) mass is 398 g/mol. The first-order chi connectivity index (χ1) is 13.2. The van der Waals surface area contributed by atoms with Crippen molar-refractivity contribution in [1.29, 1.82) is 0 Å². The third kappa shape index (κ3) is 3.92. The minimum absolute atomic E-state index is 0.0198. The summed E-state index contributed by atoms with van der Waals surface area (Å²) in [5.74, 6) is 0.213. The molecule has 1 unspecified atom stereocenters. The van der Waals surface area contributed by atoms with Crippen LogP contribution in [0.25, 0.3) is 0 Å². The lowest BCUT2D eigenvalue weighted by Gasteiger charge is -2.39. The summed E-state index contributed by atoms with van der Waals surface area (Å²) in [5.41, 5.74) is 3.08. The lowest BCUT2D eigenvalue weighted by molar-refractivity contribution is -0.139. The molecular formula is C22H26N2O3S. The van der Waals surface area contributed by atoms with Crippen molar-refractivity contribution in [2.45, 2.75) is 45.6 Å². The van der Waals surface area contributed by atoms with Crippen molar-refractivity contribution >= 4 is 28.8 Å². The molecule has 1 aromatic carbocycles. The smallest absolute Gasteiger partial charge is 0.338 e. The summed E-state index contributed by atoms with van der Waals surface area (Å²) in [7, 11) is 0. The molecule has 1 fully saturated rings. The van der Waals surface area contributed by atoms with Crippen LogP contribution in [0.3, 0.4) is 0 Å². The van der Waals surface area contributed by atoms with Gasteiger partial charge in [-0.05, 0) is 23.5 Å². The first-order valence-corrected chi connectivity index (χ1v) is 10.4. The number of rotatable bonds is 4. The van der Waals surface area contributed by atoms with E-state index in [-0.39, 0.29) is 17.9 Å². The highest BCUT2D eigenvalue weighted by Crippen LogP contribution is 2.40. The van der Waals surface area contributed by atoms with E-state index in [2.05, 4.69) is 44.5 Å². The summed E-state index contributed by atoms with van der Waals surface area (Å²) in [6.45, 7) is 12.0. The quantitative estimate of drug-likeness (QED) is 0.558. The Bertz CT molecular complexity index is 863. The molecule has 1 atom stereocenters. The highest BCUT2D eigenvalue weighted by atomic mass is 32.2. The molecule has 0 bridgehead atoms. The molecule has 2 aliphatic rings. The maximum atomic E-state index is 12.8. The highest BCUT2D eigenvalue weighted by molar-refractivity contribution is 8.14. The fourth-order valence-corrected chi connectivity index (χ4v) is 4.36. The van der Waals surface area contributed by atoms with Crippen LogP contribution in [0.5, 0.6) is 0 Å². The third-order valence-corrected chi connectivity index (χ3v) is 5.81. The van der Waals surface area contributed by atoms with Gasteiger partial charge in [-0.3, -0.25) is 9.69 Å². The van der Waals surface area contributed by atoms with Crippen LogP contribution in [0.15, 0.2) is 53.2 Å². The van der Waals surface area contributed by atoms with Crippen molar-refractivity contribution in [2.24, 2.45) is 4.99 Å². The number of benzene rings is 1. The molecule has 0 saturated carbocycles. The number of carbonyl (C=O) groups is 2. The van der Waals surface area contributed by atoms with E-state index in [4.69, 9.17) is 4.74 Å². The first kappa shape index (κ1) is 20.4. The van der Waals surface area contributed by atoms with E-state index in [1.807, 2.05) is 12.1 Å². The Hall–Kier alpha value is -2.34. The van der Waals surface area contributed by atoms with Crippen LogP contribution in [0, 0.1) is 0 Å². The molecule has 1 amide bonds. The number of amidine groups is 1. The fraction of sp³-hybridized carbons (Fsp3) is 0.409. The van der Waals surface area contributed by atoms with E-state index in [0.29, 0.717) is 28.6 Å². The van der Waals surface area contributed by atoms with Crippen LogP contribution in [-0.4, -0.2) is 34.3 Å². The lowest BCUT2D eigenvalue weighted by Crippen LogP contribution is -2.45. The van der Waals surface area contributed by atoms with Gasteiger partial charge in [0.2, 0.25) is 5.91 Å². The summed E-state index contributed by atoms with van der Waals surface area (Å²) in [6.07, 6.45) is 1.95. The maximum Gasteiger partial charge on any atom is 0.338 e. The first-order valence-electron chi connectivity index (χ1n) is 9.37. The van der Waals surface area contributed by atoms with Gasteiger partial charge in [0, 0.05) is 12.2 Å². The number of ether oxygens (including phenoxy) is 1. The summed E-state index contributed by atoms with van der Waals surface area (Å²) >= 11 is 1.54. The molecule has 0 spiro atoms. The molecule has 0 aliphatic carbocycles. The minimum Gasteiger partial charge on any atom is -0.458 e. The van der Waals surface area contributed by atoms with Gasteiger partial charge in [-0.15, -0.1) is 0 Å². The Morgan fingerprint density at radius 3 is 2.64 bits per heavy atom. The van der Waals surface area contributed by atoms with Gasteiger partial charge >= 0.3 is 5.97 Å². The Kier molecular flexibility index (Phi) is 5.79. The van der Waals surface area contributed by atoms with Crippen LogP contribution in [0.2, 0.25) is 0 Å². The van der Waals surface area contributed by atoms with E-state index < -0.39 is 12.0 Å². The number of fused-ring (bicyclic) bond motifs is 1. The number of hydrogen-bond acceptors (Lipinski definition) is 5. The van der Waals surface area contributed by atoms with Crippen molar-refractivity contribution in [3.05, 3.63) is 59.3 Å². The zero-order valence-electron chi connectivity index (χ0n) is 16.8. The van der Waals surface area contributed by atoms with E-state index in [1.165, 1.54) is 11.6 Å². The molecular weight excluding hydrogens is 372 g/mol. The molecule has 28 heavy (non-hydrogen) atoms. The molecule has 2 heterocycles. The third-order valence-electron chi connectivity index (χ3n) is 4.85. The Balaban J connectivity index is 2.09. The Morgan fingerprint density at radius 2 is 2.04 bits per heavy atom. The van der Waals surface area contributed by atoms with E-state index in [1.54, 1.807) is 23.6 Å². The molecule has 0 N–H and O–H groups in total. The summed E-state index contributed by atoms with van der Waals surface area (Å²) in [5, 5.41) is 0.652. The highest BCUT2D eigenvalue weighted by Gasteiger charge is 2.41. The average Bonchev–Trinajstić information content (AvgIpc) is 2.64. The topological polar surface area (TPSA) is 59.0 Å². The van der Waals surface area contributed by atoms with Crippen LogP contribution < -0.4 is 0 Å². The second-order valence-electron chi connectivity index (χ2n) is 7.92. The van der Waals surface area contributed by atoms with E-state index in [0.717, 1.165) is 5.56 Å². The molecule has 1 aromatic rings. The van der Waals surface area contributed by atoms with Gasteiger partial charge in [-0.2, -0.15) is 0 Å². The molecule has 3 rings (SSSR count). The summed E-state index contributed by atoms with van der Waals surface area (Å²) in [6, 6.07) is 7.58. The van der Waals surface area contributed by atoms with Gasteiger partial charge < -0.3 is 4.74 Å². The van der Waals surface area contributed by atoms with Crippen LogP contribution in [0.1, 0.15) is 51.3 Å². The van der Waals surface area contributed by atoms with Gasteiger partial charge in [0.05, 0.1) is 17.3 Å². The molecule has 2 aliphatic heterocycles. The number of carbonyl (C=O) groups excluding carboxylic acids is 2. The number of aliphatic imine (C=N–C) groups is 1. The number of thioether (sulfide) groups is 1. The number of hydrogen-bond donors (Lipinski definition) is 0. The van der Waals surface area contributed by atoms with E-state index >= 15 is 0 Å². The van der Waals surface area contributed by atoms with Gasteiger partial charge in [-0.25, -0.2) is 9.79 Å². The predicted octanol–water partition coefficient (Wildman–Crippen LogP) is 4.36. The molecule has 5 nitrogen and oxygen atoms in total. The van der Waals surface area contributed by atoms with Crippen LogP contribution >= 0.6 is 11.8 Å². The predicted molar refractivity (Wildman–Crippen MR) is 113 cm³/mol. The van der Waals surface area contributed by atoms with Crippen molar-refractivity contribution in [1.82, 2.24) is 4.90 Å². The minimum atomic E-state index is -0.529. The average molecular weight is 399 g/mol. The number of allylic oxidation sites excluding steroid dienone is 1. The maximum absolute atomic E-state index is 12.8. The zero-order valence-corrected chi connectivity index (χ0v) is 17.6. The number of esters is 1. The Morgan fingerprint density at radius 1 is 1.36 bits per heavy atom. The van der Waals surface area contributed by atoms with Crippen LogP contribution in [-0.2, 0) is 19.7 Å². The lowest BCUT2D eigenvalue weighted by atomic mass is 9.85. The molecule has 0 radical (unpaired) electrons. The van der Waals surface area contributed by atoms with Crippen molar-refractivity contribution in [2.75, 3.05) is 12.4 Å². The SMILES string of the molecule is C=CCOC(=O)C1=C(C)N=C2SCCC(=O)N2C1c1ccc(C(C)(C)C)cc1. The summed E-state index contributed by atoms with van der Waals surface area (Å²) < 4.78 is 5.32. The van der Waals surface area contributed by atoms with Crippen LogP contribution in [0.4, 0.5) is 0 Å². The standard InChI is InChI=1S/C22H26N2O3S/c1-6-12-27-20(26)18-14(2)23-21-24(17(25)11-13-28-21)19(18)15-7-9-16(10-8-15)22(3,4)5/h6-10,19H,1,11-13H2,2-5H3. The van der Waals surface area contributed by atoms with Crippen molar-refractivity contribution < 1.29 is 14.3 Å². The molecule has 0 aromatic heterocycles. The van der Waals surface area contributed by atoms with Gasteiger partial charge in [0.1, 0.15) is 6.61 Å². The van der Waals surface area contributed by atoms with E-state index in [9.17, 15) is 9.59 Å². The summed E-state index contributed by atoms with van der Waals surface area (Å²) in [4.78, 5) is 31.8. The second kappa shape index (κ2) is 7.95. The van der Waals surface area contributed by atoms with Gasteiger partial charge in [0.15, 0.2) is 5.17 Å². The molecule has 1 saturated heterocycles. The van der Waals surface area contributed by atoms with Gasteiger partial charge in [0.25, 0.3) is 0 Å². The largest absolute Gasteiger partial charge is 0.458 e. The van der Waals surface area contributed by atoms with Crippen molar-refractivity contribution in [3.8, 4) is 0 Å². The fourth-order valence-electron chi connectivity index (χ4n) is 3.35. The normalized spacial score (nSPS) is 19.9. The zero-order chi connectivity index (χ0) is 20.5. The second-order valence-corrected chi connectivity index (χ2v) is 8.98. The molecule has 6 heteroatoms. The number of nitrogens with zero attached hydrogens (tertiary/aromatic N) is 2. The molecule has 148 valence electrons. The Labute approximate surface area is 170 Å². The van der Waals surface area contributed by atoms with Gasteiger partial charge in [-0.1, -0.05) is 69.5 Å². The number of amides is 1.